The Bertz CT molecular complexity index is 445. The molecule has 0 aliphatic carbocycles. The van der Waals surface area contributed by atoms with Gasteiger partial charge in [-0.25, -0.2) is 0 Å². The van der Waals surface area contributed by atoms with Crippen molar-refractivity contribution < 1.29 is 9.15 Å². The van der Waals surface area contributed by atoms with Gasteiger partial charge in [0.2, 0.25) is 0 Å². The van der Waals surface area contributed by atoms with E-state index < -0.39 is 0 Å². The van der Waals surface area contributed by atoms with E-state index in [9.17, 15) is 0 Å². The third-order valence-electron chi connectivity index (χ3n) is 3.78. The van der Waals surface area contributed by atoms with Crippen LogP contribution in [0.25, 0.3) is 0 Å². The van der Waals surface area contributed by atoms with Gasteiger partial charge in [-0.05, 0) is 46.0 Å². The summed E-state index contributed by atoms with van der Waals surface area (Å²) < 4.78 is 11.2. The summed E-state index contributed by atoms with van der Waals surface area (Å²) >= 11 is 0. The number of hydrogen-bond acceptors (Lipinski definition) is 4. The molecule has 2 heterocycles. The van der Waals surface area contributed by atoms with E-state index in [0.29, 0.717) is 12.6 Å². The standard InChI is InChI=1S/C16H28N4O2.HI/c1-4-17-16(18-11-13-7-5-9-21-13)19-12-14(20(2)3)15-8-6-10-22-15;/h6,8,10,13-14H,4-5,7,9,11-12H2,1-3H3,(H2,17,18,19);1H. The molecule has 132 valence electrons. The highest BCUT2D eigenvalue weighted by Crippen LogP contribution is 2.18. The maximum atomic E-state index is 5.64. The minimum absolute atomic E-state index is 0. The molecule has 1 aromatic heterocycles. The number of ether oxygens (including phenoxy) is 1. The summed E-state index contributed by atoms with van der Waals surface area (Å²) in [4.78, 5) is 6.81. The molecule has 1 aliphatic heterocycles. The van der Waals surface area contributed by atoms with E-state index in [0.717, 1.165) is 44.3 Å². The molecular formula is C16H29IN4O2. The predicted octanol–water partition coefficient (Wildman–Crippen LogP) is 2.23. The van der Waals surface area contributed by atoms with E-state index in [1.807, 2.05) is 26.2 Å². The molecule has 0 radical (unpaired) electrons. The zero-order valence-corrected chi connectivity index (χ0v) is 16.6. The first kappa shape index (κ1) is 20.2. The van der Waals surface area contributed by atoms with Crippen LogP contribution < -0.4 is 10.6 Å². The van der Waals surface area contributed by atoms with Gasteiger partial charge in [-0.1, -0.05) is 0 Å². The van der Waals surface area contributed by atoms with Crippen LogP contribution in [0.15, 0.2) is 27.8 Å². The molecule has 6 nitrogen and oxygen atoms in total. The van der Waals surface area contributed by atoms with Crippen LogP contribution in [0.2, 0.25) is 0 Å². The minimum Gasteiger partial charge on any atom is -0.468 e. The fourth-order valence-corrected chi connectivity index (χ4v) is 2.52. The lowest BCUT2D eigenvalue weighted by atomic mass is 10.2. The summed E-state index contributed by atoms with van der Waals surface area (Å²) in [6, 6.07) is 4.04. The summed E-state index contributed by atoms with van der Waals surface area (Å²) in [6.45, 7) is 5.23. The molecule has 7 heteroatoms. The van der Waals surface area contributed by atoms with Gasteiger partial charge < -0.3 is 19.8 Å². The van der Waals surface area contributed by atoms with Crippen molar-refractivity contribution in [2.45, 2.75) is 31.9 Å². The number of nitrogens with zero attached hydrogens (tertiary/aromatic N) is 2. The average molecular weight is 436 g/mol. The third-order valence-corrected chi connectivity index (χ3v) is 3.78. The van der Waals surface area contributed by atoms with Crippen molar-refractivity contribution in [3.63, 3.8) is 0 Å². The fourth-order valence-electron chi connectivity index (χ4n) is 2.52. The highest BCUT2D eigenvalue weighted by molar-refractivity contribution is 14.0. The molecule has 1 aromatic rings. The number of guanidine groups is 1. The SMILES string of the molecule is CCNC(=NCC(c1ccco1)N(C)C)NCC1CCCO1.I. The molecule has 2 N–H and O–H groups in total. The second-order valence-corrected chi connectivity index (χ2v) is 5.73. The third kappa shape index (κ3) is 6.68. The quantitative estimate of drug-likeness (QED) is 0.390. The van der Waals surface area contributed by atoms with Gasteiger partial charge >= 0.3 is 0 Å². The topological polar surface area (TPSA) is 62.0 Å². The number of aliphatic imine (C=N–C) groups is 1. The maximum absolute atomic E-state index is 5.64. The first-order chi connectivity index (χ1) is 10.7. The second kappa shape index (κ2) is 10.9. The number of furan rings is 1. The second-order valence-electron chi connectivity index (χ2n) is 5.73. The van der Waals surface area contributed by atoms with Crippen LogP contribution in [0, 0.1) is 0 Å². The molecule has 0 bridgehead atoms. The average Bonchev–Trinajstić information content (AvgIpc) is 3.18. The molecule has 0 amide bonds. The van der Waals surface area contributed by atoms with Gasteiger partial charge in [0.15, 0.2) is 5.96 Å². The first-order valence-electron chi connectivity index (χ1n) is 8.04. The molecule has 0 spiro atoms. The van der Waals surface area contributed by atoms with E-state index in [4.69, 9.17) is 9.15 Å². The maximum Gasteiger partial charge on any atom is 0.191 e. The van der Waals surface area contributed by atoms with E-state index in [-0.39, 0.29) is 30.0 Å². The van der Waals surface area contributed by atoms with Gasteiger partial charge in [-0.3, -0.25) is 9.89 Å². The Morgan fingerprint density at radius 2 is 2.26 bits per heavy atom. The van der Waals surface area contributed by atoms with Crippen LogP contribution in [0.3, 0.4) is 0 Å². The Labute approximate surface area is 156 Å². The van der Waals surface area contributed by atoms with Crippen molar-refractivity contribution >= 4 is 29.9 Å². The smallest absolute Gasteiger partial charge is 0.191 e. The molecule has 0 saturated carbocycles. The monoisotopic (exact) mass is 436 g/mol. The number of rotatable bonds is 7. The van der Waals surface area contributed by atoms with Gasteiger partial charge in [0, 0.05) is 19.7 Å². The van der Waals surface area contributed by atoms with E-state index in [2.05, 4.69) is 27.4 Å². The van der Waals surface area contributed by atoms with Gasteiger partial charge in [0.25, 0.3) is 0 Å². The minimum atomic E-state index is 0. The van der Waals surface area contributed by atoms with Gasteiger partial charge in [0.05, 0.1) is 25.0 Å². The lowest BCUT2D eigenvalue weighted by Crippen LogP contribution is -2.41. The van der Waals surface area contributed by atoms with E-state index in [1.54, 1.807) is 6.26 Å². The lowest BCUT2D eigenvalue weighted by Gasteiger charge is -2.21. The summed E-state index contributed by atoms with van der Waals surface area (Å²) in [5, 5.41) is 6.65. The molecule has 2 rings (SSSR count). The molecule has 1 aliphatic rings. The first-order valence-corrected chi connectivity index (χ1v) is 8.04. The number of halogens is 1. The molecule has 2 atom stereocenters. The number of hydrogen-bond donors (Lipinski definition) is 2. The summed E-state index contributed by atoms with van der Waals surface area (Å²) in [6.07, 6.45) is 4.29. The zero-order valence-electron chi connectivity index (χ0n) is 14.2. The van der Waals surface area contributed by atoms with Crippen LogP contribution in [0.4, 0.5) is 0 Å². The summed E-state index contributed by atoms with van der Waals surface area (Å²) in [7, 11) is 4.07. The molecule has 1 fully saturated rings. The summed E-state index contributed by atoms with van der Waals surface area (Å²) in [5.41, 5.74) is 0. The lowest BCUT2D eigenvalue weighted by molar-refractivity contribution is 0.113. The number of nitrogens with one attached hydrogen (secondary N) is 2. The number of likely N-dealkylation sites (N-methyl/N-ethyl adjacent to an activating group) is 1. The van der Waals surface area contributed by atoms with E-state index in [1.165, 1.54) is 0 Å². The fraction of sp³-hybridized carbons (Fsp3) is 0.688. The highest BCUT2D eigenvalue weighted by atomic mass is 127. The van der Waals surface area contributed by atoms with Crippen molar-refractivity contribution in [1.82, 2.24) is 15.5 Å². The van der Waals surface area contributed by atoms with Crippen LogP contribution in [0.5, 0.6) is 0 Å². The van der Waals surface area contributed by atoms with Crippen molar-refractivity contribution in [2.75, 3.05) is 40.3 Å². The predicted molar refractivity (Wildman–Crippen MR) is 104 cm³/mol. The summed E-state index contributed by atoms with van der Waals surface area (Å²) in [5.74, 6) is 1.76. The normalized spacial score (nSPS) is 19.5. The van der Waals surface area contributed by atoms with Crippen LogP contribution in [-0.4, -0.2) is 57.3 Å². The van der Waals surface area contributed by atoms with Crippen molar-refractivity contribution in [1.29, 1.82) is 0 Å². The molecule has 23 heavy (non-hydrogen) atoms. The van der Waals surface area contributed by atoms with Gasteiger partial charge in [-0.15, -0.1) is 24.0 Å². The van der Waals surface area contributed by atoms with Gasteiger partial charge in [-0.2, -0.15) is 0 Å². The molecular weight excluding hydrogens is 407 g/mol. The Kier molecular flexibility index (Phi) is 9.57. The van der Waals surface area contributed by atoms with Crippen molar-refractivity contribution in [3.8, 4) is 0 Å². The van der Waals surface area contributed by atoms with Crippen LogP contribution in [-0.2, 0) is 4.74 Å². The van der Waals surface area contributed by atoms with Gasteiger partial charge in [0.1, 0.15) is 5.76 Å². The highest BCUT2D eigenvalue weighted by Gasteiger charge is 2.18. The Morgan fingerprint density at radius 3 is 2.83 bits per heavy atom. The van der Waals surface area contributed by atoms with Crippen LogP contribution in [0.1, 0.15) is 31.6 Å². The largest absolute Gasteiger partial charge is 0.468 e. The molecule has 0 aromatic carbocycles. The van der Waals surface area contributed by atoms with Crippen molar-refractivity contribution in [3.05, 3.63) is 24.2 Å². The molecule has 1 saturated heterocycles. The van der Waals surface area contributed by atoms with Crippen molar-refractivity contribution in [2.24, 2.45) is 4.99 Å². The van der Waals surface area contributed by atoms with E-state index >= 15 is 0 Å². The van der Waals surface area contributed by atoms with Crippen LogP contribution >= 0.6 is 24.0 Å². The Hall–Kier alpha value is -0.800. The molecule has 2 unspecified atom stereocenters. The Balaban J connectivity index is 0.00000264. The Morgan fingerprint density at radius 1 is 1.43 bits per heavy atom. The zero-order chi connectivity index (χ0) is 15.8.